The molecule has 1 aliphatic rings. The van der Waals surface area contributed by atoms with Gasteiger partial charge in [-0.15, -0.1) is 0 Å². The largest absolute Gasteiger partial charge is 0.469 e. The third-order valence-corrected chi connectivity index (χ3v) is 4.87. The van der Waals surface area contributed by atoms with Crippen molar-refractivity contribution < 1.29 is 9.53 Å². The Bertz CT molecular complexity index is 764. The third-order valence-electron chi connectivity index (χ3n) is 4.87. The lowest BCUT2D eigenvalue weighted by Gasteiger charge is -2.33. The lowest BCUT2D eigenvalue weighted by molar-refractivity contribution is -0.146. The van der Waals surface area contributed by atoms with E-state index in [1.54, 1.807) is 7.05 Å². The van der Waals surface area contributed by atoms with E-state index in [0.717, 1.165) is 44.0 Å². The van der Waals surface area contributed by atoms with Gasteiger partial charge in [0.05, 0.1) is 25.8 Å². The Hall–Kier alpha value is -2.83. The van der Waals surface area contributed by atoms with Crippen molar-refractivity contribution in [1.29, 1.82) is 0 Å². The first kappa shape index (κ1) is 18.9. The molecule has 27 heavy (non-hydrogen) atoms. The molecule has 7 heteroatoms. The number of carbonyl (C=O) groups excluding carboxylic acids is 1. The number of guanidine groups is 1. The number of ether oxygens (including phenoxy) is 1. The number of benzene rings is 1. The Morgan fingerprint density at radius 2 is 2.00 bits per heavy atom. The smallest absolute Gasteiger partial charge is 0.308 e. The Morgan fingerprint density at radius 1 is 1.26 bits per heavy atom. The summed E-state index contributed by atoms with van der Waals surface area (Å²) in [5.74, 6) is 0.748. The van der Waals surface area contributed by atoms with Crippen LogP contribution in [0.15, 0.2) is 47.7 Å². The summed E-state index contributed by atoms with van der Waals surface area (Å²) in [6.45, 7) is 3.02. The number of piperidine rings is 1. The van der Waals surface area contributed by atoms with E-state index in [9.17, 15) is 4.79 Å². The summed E-state index contributed by atoms with van der Waals surface area (Å²) >= 11 is 0. The van der Waals surface area contributed by atoms with E-state index >= 15 is 0 Å². The van der Waals surface area contributed by atoms with Gasteiger partial charge in [0, 0.05) is 38.4 Å². The molecular weight excluding hydrogens is 342 g/mol. The summed E-state index contributed by atoms with van der Waals surface area (Å²) in [4.78, 5) is 18.2. The number of nitrogens with zero attached hydrogens (tertiary/aromatic N) is 4. The first-order valence-corrected chi connectivity index (χ1v) is 9.28. The number of likely N-dealkylation sites (tertiary alicyclic amines) is 1. The first-order valence-electron chi connectivity index (χ1n) is 9.28. The highest BCUT2D eigenvalue weighted by Crippen LogP contribution is 2.18. The van der Waals surface area contributed by atoms with Gasteiger partial charge >= 0.3 is 5.97 Å². The van der Waals surface area contributed by atoms with Crippen LogP contribution in [0.25, 0.3) is 0 Å². The van der Waals surface area contributed by atoms with E-state index in [1.807, 2.05) is 29.1 Å². The van der Waals surface area contributed by atoms with Gasteiger partial charge in [-0.2, -0.15) is 5.10 Å². The van der Waals surface area contributed by atoms with Crippen LogP contribution in [0.1, 0.15) is 24.0 Å². The molecule has 1 aromatic heterocycles. The van der Waals surface area contributed by atoms with Crippen molar-refractivity contribution in [3.63, 3.8) is 0 Å². The minimum atomic E-state index is -0.108. The predicted octanol–water partition coefficient (Wildman–Crippen LogP) is 1.89. The molecule has 3 rings (SSSR count). The number of rotatable bonds is 5. The van der Waals surface area contributed by atoms with Crippen LogP contribution < -0.4 is 5.32 Å². The lowest BCUT2D eigenvalue weighted by atomic mass is 9.97. The van der Waals surface area contributed by atoms with Crippen LogP contribution in [0.5, 0.6) is 0 Å². The zero-order valence-electron chi connectivity index (χ0n) is 16.0. The van der Waals surface area contributed by atoms with Gasteiger partial charge < -0.3 is 15.0 Å². The number of aromatic nitrogens is 2. The second-order valence-electron chi connectivity index (χ2n) is 6.72. The molecule has 1 fully saturated rings. The third kappa shape index (κ3) is 5.09. The van der Waals surface area contributed by atoms with Crippen LogP contribution in [-0.2, 0) is 22.6 Å². The number of hydrogen-bond donors (Lipinski definition) is 1. The predicted molar refractivity (Wildman–Crippen MR) is 104 cm³/mol. The summed E-state index contributed by atoms with van der Waals surface area (Å²) < 4.78 is 6.79. The molecular formula is C20H27N5O2. The molecule has 0 saturated carbocycles. The van der Waals surface area contributed by atoms with E-state index in [0.29, 0.717) is 6.54 Å². The van der Waals surface area contributed by atoms with Crippen molar-refractivity contribution in [3.8, 4) is 0 Å². The van der Waals surface area contributed by atoms with Gasteiger partial charge in [0.2, 0.25) is 0 Å². The molecule has 0 aliphatic carbocycles. The molecule has 0 bridgehead atoms. The summed E-state index contributed by atoms with van der Waals surface area (Å²) in [6.07, 6.45) is 5.52. The topological polar surface area (TPSA) is 71.8 Å². The van der Waals surface area contributed by atoms with Crippen LogP contribution in [0.4, 0.5) is 0 Å². The second kappa shape index (κ2) is 9.21. The summed E-state index contributed by atoms with van der Waals surface area (Å²) in [5, 5.41) is 7.84. The van der Waals surface area contributed by atoms with Crippen molar-refractivity contribution in [2.24, 2.45) is 10.9 Å². The highest BCUT2D eigenvalue weighted by Gasteiger charge is 2.26. The second-order valence-corrected chi connectivity index (χ2v) is 6.72. The Balaban J connectivity index is 1.50. The molecule has 7 nitrogen and oxygen atoms in total. The minimum absolute atomic E-state index is 0.000532. The van der Waals surface area contributed by atoms with Crippen molar-refractivity contribution in [2.45, 2.75) is 25.9 Å². The van der Waals surface area contributed by atoms with Gasteiger partial charge in [0.25, 0.3) is 0 Å². The van der Waals surface area contributed by atoms with Crippen LogP contribution in [0.2, 0.25) is 0 Å². The molecule has 0 unspecified atom stereocenters. The van der Waals surface area contributed by atoms with Gasteiger partial charge in [-0.05, 0) is 18.4 Å². The molecule has 0 spiro atoms. The minimum Gasteiger partial charge on any atom is -0.469 e. The highest BCUT2D eigenvalue weighted by atomic mass is 16.5. The molecule has 2 aromatic rings. The molecule has 0 radical (unpaired) electrons. The Labute approximate surface area is 160 Å². The molecule has 1 N–H and O–H groups in total. The average molecular weight is 369 g/mol. The maximum absolute atomic E-state index is 11.7. The van der Waals surface area contributed by atoms with E-state index in [1.165, 1.54) is 12.7 Å². The van der Waals surface area contributed by atoms with E-state index in [4.69, 9.17) is 4.74 Å². The molecule has 2 heterocycles. The van der Waals surface area contributed by atoms with Gasteiger partial charge in [-0.3, -0.25) is 14.5 Å². The monoisotopic (exact) mass is 369 g/mol. The lowest BCUT2D eigenvalue weighted by Crippen LogP contribution is -2.46. The highest BCUT2D eigenvalue weighted by molar-refractivity contribution is 5.80. The zero-order chi connectivity index (χ0) is 19.1. The summed E-state index contributed by atoms with van der Waals surface area (Å²) in [5.41, 5.74) is 2.33. The summed E-state index contributed by atoms with van der Waals surface area (Å²) in [7, 11) is 3.24. The number of nitrogens with one attached hydrogen (secondary N) is 1. The number of methoxy groups -OCH3 is 1. The molecule has 0 amide bonds. The number of hydrogen-bond acceptors (Lipinski definition) is 4. The first-order chi connectivity index (χ1) is 13.2. The Morgan fingerprint density at radius 3 is 2.67 bits per heavy atom. The molecule has 144 valence electrons. The van der Waals surface area contributed by atoms with Crippen LogP contribution in [0.3, 0.4) is 0 Å². The maximum Gasteiger partial charge on any atom is 0.308 e. The van der Waals surface area contributed by atoms with E-state index in [2.05, 4.69) is 38.6 Å². The fourth-order valence-corrected chi connectivity index (χ4v) is 3.36. The van der Waals surface area contributed by atoms with Crippen LogP contribution >= 0.6 is 0 Å². The van der Waals surface area contributed by atoms with Crippen molar-refractivity contribution in [2.75, 3.05) is 27.2 Å². The van der Waals surface area contributed by atoms with Crippen LogP contribution in [-0.4, -0.2) is 53.9 Å². The molecule has 1 aliphatic heterocycles. The average Bonchev–Trinajstić information content (AvgIpc) is 3.16. The zero-order valence-corrected chi connectivity index (χ0v) is 16.0. The fraction of sp³-hybridized carbons (Fsp3) is 0.450. The number of carbonyl (C=O) groups is 1. The maximum atomic E-state index is 11.7. The van der Waals surface area contributed by atoms with E-state index in [-0.39, 0.29) is 11.9 Å². The quantitative estimate of drug-likeness (QED) is 0.495. The standard InChI is InChI=1S/C20H27N5O2/c1-21-20(24-10-8-18(9-11-24)19(26)27-2)22-12-17-13-23-25(15-17)14-16-6-4-3-5-7-16/h3-7,13,15,18H,8-12,14H2,1-2H3,(H,21,22). The van der Waals surface area contributed by atoms with Gasteiger partial charge in [0.1, 0.15) is 0 Å². The number of esters is 1. The van der Waals surface area contributed by atoms with E-state index < -0.39 is 0 Å². The molecule has 1 saturated heterocycles. The molecule has 0 atom stereocenters. The van der Waals surface area contributed by atoms with Crippen molar-refractivity contribution in [3.05, 3.63) is 53.9 Å². The number of aliphatic imine (C=N–C) groups is 1. The van der Waals surface area contributed by atoms with Crippen molar-refractivity contribution in [1.82, 2.24) is 20.0 Å². The SMILES string of the molecule is CN=C(NCc1cnn(Cc2ccccc2)c1)N1CCC(C(=O)OC)CC1. The Kier molecular flexibility index (Phi) is 6.46. The fourth-order valence-electron chi connectivity index (χ4n) is 3.36. The van der Waals surface area contributed by atoms with Crippen LogP contribution in [0, 0.1) is 5.92 Å². The van der Waals surface area contributed by atoms with Gasteiger partial charge in [0.15, 0.2) is 5.96 Å². The van der Waals surface area contributed by atoms with Crippen molar-refractivity contribution >= 4 is 11.9 Å². The summed E-state index contributed by atoms with van der Waals surface area (Å²) in [6, 6.07) is 10.3. The van der Waals surface area contributed by atoms with Gasteiger partial charge in [-0.1, -0.05) is 30.3 Å². The normalized spacial score (nSPS) is 15.6. The molecule has 1 aromatic carbocycles. The van der Waals surface area contributed by atoms with Gasteiger partial charge in [-0.25, -0.2) is 0 Å².